The Hall–Kier alpha value is -2.72. The molecular formula is C18H15BrN4O4S. The minimum Gasteiger partial charge on any atom is -0.486 e. The predicted molar refractivity (Wildman–Crippen MR) is 109 cm³/mol. The summed E-state index contributed by atoms with van der Waals surface area (Å²) in [5.41, 5.74) is 0.618. The molecule has 1 amide bonds. The van der Waals surface area contributed by atoms with Gasteiger partial charge < -0.3 is 19.2 Å². The number of anilines is 1. The van der Waals surface area contributed by atoms with Crippen LogP contribution in [0.15, 0.2) is 44.6 Å². The van der Waals surface area contributed by atoms with E-state index in [1.165, 1.54) is 11.8 Å². The minimum absolute atomic E-state index is 0.167. The number of amides is 1. The predicted octanol–water partition coefficient (Wildman–Crippen LogP) is 3.83. The molecule has 0 atom stereocenters. The zero-order valence-corrected chi connectivity index (χ0v) is 16.9. The summed E-state index contributed by atoms with van der Waals surface area (Å²) in [4.78, 5) is 16.6. The molecule has 2 aromatic heterocycles. The van der Waals surface area contributed by atoms with Gasteiger partial charge in [-0.25, -0.2) is 4.98 Å². The van der Waals surface area contributed by atoms with Gasteiger partial charge >= 0.3 is 0 Å². The Kier molecular flexibility index (Phi) is 5.68. The maximum atomic E-state index is 12.3. The molecule has 0 spiro atoms. The Bertz CT molecular complexity index is 1000. The number of aromatic amines is 1. The van der Waals surface area contributed by atoms with E-state index in [9.17, 15) is 4.79 Å². The van der Waals surface area contributed by atoms with Gasteiger partial charge in [0.05, 0.1) is 17.7 Å². The molecule has 0 saturated heterocycles. The van der Waals surface area contributed by atoms with Gasteiger partial charge in [-0.2, -0.15) is 0 Å². The van der Waals surface area contributed by atoms with Gasteiger partial charge in [-0.1, -0.05) is 11.8 Å². The number of nitrogens with one attached hydrogen (secondary N) is 2. The quantitative estimate of drug-likeness (QED) is 0.536. The van der Waals surface area contributed by atoms with E-state index in [0.717, 1.165) is 10.2 Å². The molecule has 1 aromatic carbocycles. The van der Waals surface area contributed by atoms with Crippen LogP contribution in [0, 0.1) is 0 Å². The summed E-state index contributed by atoms with van der Waals surface area (Å²) < 4.78 is 17.0. The molecule has 1 aliphatic rings. The SMILES string of the molecule is O=C(CSc1n[nH]c(/C=C/c2ccco2)n1)Nc1cc2c(cc1Br)OCCO2. The molecule has 1 aliphatic heterocycles. The van der Waals surface area contributed by atoms with Crippen LogP contribution in [0.5, 0.6) is 11.5 Å². The Labute approximate surface area is 172 Å². The molecule has 3 heterocycles. The van der Waals surface area contributed by atoms with Crippen LogP contribution < -0.4 is 14.8 Å². The maximum absolute atomic E-state index is 12.3. The Balaban J connectivity index is 1.32. The van der Waals surface area contributed by atoms with Crippen LogP contribution in [0.3, 0.4) is 0 Å². The summed E-state index contributed by atoms with van der Waals surface area (Å²) >= 11 is 4.67. The van der Waals surface area contributed by atoms with Crippen LogP contribution in [-0.2, 0) is 4.79 Å². The number of thioether (sulfide) groups is 1. The number of furan rings is 1. The molecule has 2 N–H and O–H groups in total. The first-order valence-electron chi connectivity index (χ1n) is 8.33. The Morgan fingerprint density at radius 3 is 2.89 bits per heavy atom. The second kappa shape index (κ2) is 8.53. The zero-order chi connectivity index (χ0) is 19.3. The second-order valence-electron chi connectivity index (χ2n) is 5.66. The summed E-state index contributed by atoms with van der Waals surface area (Å²) in [5.74, 6) is 2.55. The number of benzene rings is 1. The fourth-order valence-electron chi connectivity index (χ4n) is 2.42. The van der Waals surface area contributed by atoms with Crippen molar-refractivity contribution in [3.05, 3.63) is 46.6 Å². The summed E-state index contributed by atoms with van der Waals surface area (Å²) in [5, 5.41) is 10.2. The van der Waals surface area contributed by atoms with Crippen molar-refractivity contribution in [3.63, 3.8) is 0 Å². The summed E-state index contributed by atoms with van der Waals surface area (Å²) in [6, 6.07) is 7.17. The first kappa shape index (κ1) is 18.6. The molecule has 4 rings (SSSR count). The number of hydrogen-bond donors (Lipinski definition) is 2. The van der Waals surface area contributed by atoms with Crippen molar-refractivity contribution in [3.8, 4) is 11.5 Å². The van der Waals surface area contributed by atoms with Crippen molar-refractivity contribution in [2.45, 2.75) is 5.16 Å². The number of halogens is 1. The first-order chi connectivity index (χ1) is 13.7. The van der Waals surface area contributed by atoms with Crippen LogP contribution in [-0.4, -0.2) is 40.1 Å². The van der Waals surface area contributed by atoms with Gasteiger partial charge in [0.1, 0.15) is 24.8 Å². The highest BCUT2D eigenvalue weighted by Gasteiger charge is 2.16. The van der Waals surface area contributed by atoms with Crippen LogP contribution >= 0.6 is 27.7 Å². The number of carbonyl (C=O) groups excluding carboxylic acids is 1. The normalized spacial score (nSPS) is 13.0. The number of ether oxygens (including phenoxy) is 2. The van der Waals surface area contributed by atoms with Crippen LogP contribution in [0.1, 0.15) is 11.6 Å². The average molecular weight is 463 g/mol. The van der Waals surface area contributed by atoms with Gasteiger partial charge in [-0.15, -0.1) is 5.10 Å². The fourth-order valence-corrected chi connectivity index (χ4v) is 3.45. The van der Waals surface area contributed by atoms with E-state index in [1.54, 1.807) is 36.6 Å². The molecule has 0 fully saturated rings. The highest BCUT2D eigenvalue weighted by atomic mass is 79.9. The Morgan fingerprint density at radius 1 is 1.29 bits per heavy atom. The van der Waals surface area contributed by atoms with E-state index < -0.39 is 0 Å². The third-order valence-corrected chi connectivity index (χ3v) is 5.17. The van der Waals surface area contributed by atoms with Crippen molar-refractivity contribution in [2.24, 2.45) is 0 Å². The molecule has 0 bridgehead atoms. The van der Waals surface area contributed by atoms with E-state index in [0.29, 0.717) is 41.4 Å². The lowest BCUT2D eigenvalue weighted by atomic mass is 10.2. The van der Waals surface area contributed by atoms with Gasteiger partial charge in [-0.3, -0.25) is 9.89 Å². The van der Waals surface area contributed by atoms with E-state index in [-0.39, 0.29) is 11.7 Å². The number of aromatic nitrogens is 3. The van der Waals surface area contributed by atoms with Crippen molar-refractivity contribution in [1.82, 2.24) is 15.2 Å². The van der Waals surface area contributed by atoms with Crippen LogP contribution in [0.4, 0.5) is 5.69 Å². The van der Waals surface area contributed by atoms with Gasteiger partial charge in [0.2, 0.25) is 11.1 Å². The first-order valence-corrected chi connectivity index (χ1v) is 10.1. The molecule has 0 saturated carbocycles. The number of carbonyl (C=O) groups is 1. The molecule has 8 nitrogen and oxygen atoms in total. The highest BCUT2D eigenvalue weighted by molar-refractivity contribution is 9.10. The van der Waals surface area contributed by atoms with E-state index in [4.69, 9.17) is 13.9 Å². The topological polar surface area (TPSA) is 102 Å². The van der Waals surface area contributed by atoms with Crippen LogP contribution in [0.25, 0.3) is 12.2 Å². The van der Waals surface area contributed by atoms with E-state index >= 15 is 0 Å². The van der Waals surface area contributed by atoms with Gasteiger partial charge in [0, 0.05) is 16.6 Å². The molecule has 0 radical (unpaired) electrons. The molecular weight excluding hydrogens is 448 g/mol. The van der Waals surface area contributed by atoms with Crippen molar-refractivity contribution >= 4 is 51.4 Å². The number of H-pyrrole nitrogens is 1. The lowest BCUT2D eigenvalue weighted by Gasteiger charge is -2.20. The third kappa shape index (κ3) is 4.57. The molecule has 0 unspecified atom stereocenters. The van der Waals surface area contributed by atoms with Gasteiger partial charge in [0.15, 0.2) is 11.5 Å². The minimum atomic E-state index is -0.181. The smallest absolute Gasteiger partial charge is 0.234 e. The largest absolute Gasteiger partial charge is 0.486 e. The number of fused-ring (bicyclic) bond motifs is 1. The van der Waals surface area contributed by atoms with Crippen molar-refractivity contribution < 1.29 is 18.7 Å². The molecule has 0 aliphatic carbocycles. The van der Waals surface area contributed by atoms with Gasteiger partial charge in [0.25, 0.3) is 0 Å². The van der Waals surface area contributed by atoms with Crippen molar-refractivity contribution in [1.29, 1.82) is 0 Å². The van der Waals surface area contributed by atoms with Gasteiger partial charge in [-0.05, 0) is 40.2 Å². The lowest BCUT2D eigenvalue weighted by molar-refractivity contribution is -0.113. The number of hydrogen-bond acceptors (Lipinski definition) is 7. The second-order valence-corrected chi connectivity index (χ2v) is 7.46. The monoisotopic (exact) mass is 462 g/mol. The highest BCUT2D eigenvalue weighted by Crippen LogP contribution is 2.38. The fraction of sp³-hybridized carbons (Fsp3) is 0.167. The maximum Gasteiger partial charge on any atom is 0.234 e. The molecule has 28 heavy (non-hydrogen) atoms. The third-order valence-electron chi connectivity index (χ3n) is 3.67. The molecule has 10 heteroatoms. The van der Waals surface area contributed by atoms with E-state index in [1.807, 2.05) is 6.07 Å². The lowest BCUT2D eigenvalue weighted by Crippen LogP contribution is -2.17. The molecule has 3 aromatic rings. The summed E-state index contributed by atoms with van der Waals surface area (Å²) in [7, 11) is 0. The summed E-state index contributed by atoms with van der Waals surface area (Å²) in [6.07, 6.45) is 5.13. The molecule has 144 valence electrons. The Morgan fingerprint density at radius 2 is 2.11 bits per heavy atom. The summed E-state index contributed by atoms with van der Waals surface area (Å²) in [6.45, 7) is 0.997. The number of nitrogens with zero attached hydrogens (tertiary/aromatic N) is 2. The standard InChI is InChI=1S/C18H15BrN4O4S/c19-12-8-14-15(27-7-6-26-14)9-13(12)20-17(24)10-28-18-21-16(22-23-18)4-3-11-2-1-5-25-11/h1-5,8-9H,6-7,10H2,(H,20,24)(H,21,22,23)/b4-3+. The zero-order valence-electron chi connectivity index (χ0n) is 14.5. The number of rotatable bonds is 6. The van der Waals surface area contributed by atoms with Crippen molar-refractivity contribution in [2.75, 3.05) is 24.3 Å². The average Bonchev–Trinajstić information content (AvgIpc) is 3.37. The van der Waals surface area contributed by atoms with Crippen LogP contribution in [0.2, 0.25) is 0 Å². The van der Waals surface area contributed by atoms with E-state index in [2.05, 4.69) is 36.4 Å².